The summed E-state index contributed by atoms with van der Waals surface area (Å²) in [5, 5.41) is 0.749. The summed E-state index contributed by atoms with van der Waals surface area (Å²) in [4.78, 5) is 24.8. The molecule has 1 atom stereocenters. The first-order valence-electron chi connectivity index (χ1n) is 5.71. The van der Waals surface area contributed by atoms with Crippen molar-refractivity contribution >= 4 is 35.1 Å². The fraction of sp³-hybridized carbons (Fsp3) is 0.333. The van der Waals surface area contributed by atoms with Crippen LogP contribution in [-0.4, -0.2) is 23.4 Å². The van der Waals surface area contributed by atoms with Crippen LogP contribution in [0.5, 0.6) is 0 Å². The van der Waals surface area contributed by atoms with Crippen molar-refractivity contribution < 1.29 is 9.59 Å². The number of nitrogens with zero attached hydrogens (tertiary/aromatic N) is 1. The van der Waals surface area contributed by atoms with Crippen molar-refractivity contribution in [2.24, 2.45) is 11.5 Å². The highest BCUT2D eigenvalue weighted by atomic mass is 35.5. The molecular formula is C12H13Cl2N3O2. The molecule has 1 aliphatic rings. The molecular weight excluding hydrogens is 289 g/mol. The number of likely N-dealkylation sites (tertiary alicyclic amines) is 1. The molecule has 1 unspecified atom stereocenters. The van der Waals surface area contributed by atoms with Crippen LogP contribution in [-0.2, 0) is 10.3 Å². The van der Waals surface area contributed by atoms with Crippen LogP contribution >= 0.6 is 23.2 Å². The van der Waals surface area contributed by atoms with Gasteiger partial charge in [-0.3, -0.25) is 4.79 Å². The van der Waals surface area contributed by atoms with Gasteiger partial charge in [0.1, 0.15) is 5.54 Å². The Bertz CT molecular complexity index is 530. The maximum atomic E-state index is 11.9. The van der Waals surface area contributed by atoms with Crippen molar-refractivity contribution in [3.05, 3.63) is 33.8 Å². The molecule has 3 amide bonds. The topological polar surface area (TPSA) is 89.4 Å². The van der Waals surface area contributed by atoms with Gasteiger partial charge < -0.3 is 16.4 Å². The lowest BCUT2D eigenvalue weighted by Crippen LogP contribution is -2.55. The Balaban J connectivity index is 2.62. The smallest absolute Gasteiger partial charge is 0.315 e. The lowest BCUT2D eigenvalue weighted by Gasteiger charge is -2.35. The highest BCUT2D eigenvalue weighted by molar-refractivity contribution is 6.34. The standard InChI is InChI=1S/C12H13Cl2N3O2/c13-8-4-7(5-9(14)6-8)12(10(15)18)2-1-3-17(12)11(16)19/h4-6H,1-3H2,(H2,15,18)(H2,16,19). The van der Waals surface area contributed by atoms with E-state index in [1.165, 1.54) is 4.90 Å². The molecule has 1 aromatic carbocycles. The Kier molecular flexibility index (Phi) is 3.60. The Labute approximate surface area is 120 Å². The maximum Gasteiger partial charge on any atom is 0.315 e. The fourth-order valence-electron chi connectivity index (χ4n) is 2.61. The lowest BCUT2D eigenvalue weighted by atomic mass is 9.86. The maximum absolute atomic E-state index is 11.9. The molecule has 0 aliphatic carbocycles. The first-order chi connectivity index (χ1) is 8.87. The zero-order valence-corrected chi connectivity index (χ0v) is 11.5. The minimum atomic E-state index is -1.26. The van der Waals surface area contributed by atoms with Crippen molar-refractivity contribution in [2.75, 3.05) is 6.54 Å². The lowest BCUT2D eigenvalue weighted by molar-refractivity contribution is -0.127. The fourth-order valence-corrected chi connectivity index (χ4v) is 3.13. The molecule has 1 aliphatic heterocycles. The first-order valence-corrected chi connectivity index (χ1v) is 6.47. The van der Waals surface area contributed by atoms with Gasteiger partial charge in [-0.25, -0.2) is 4.79 Å². The van der Waals surface area contributed by atoms with Gasteiger partial charge in [-0.2, -0.15) is 0 Å². The number of hydrogen-bond donors (Lipinski definition) is 2. The monoisotopic (exact) mass is 301 g/mol. The van der Waals surface area contributed by atoms with E-state index in [2.05, 4.69) is 0 Å². The second kappa shape index (κ2) is 4.90. The summed E-state index contributed by atoms with van der Waals surface area (Å²) in [6.07, 6.45) is 1.04. The summed E-state index contributed by atoms with van der Waals surface area (Å²) in [5.74, 6) is -0.637. The molecule has 4 N–H and O–H groups in total. The average Bonchev–Trinajstić information content (AvgIpc) is 2.72. The molecule has 1 aromatic rings. The third kappa shape index (κ3) is 2.24. The van der Waals surface area contributed by atoms with Crippen molar-refractivity contribution in [1.82, 2.24) is 4.90 Å². The van der Waals surface area contributed by atoms with Gasteiger partial charge in [0.05, 0.1) is 0 Å². The molecule has 0 radical (unpaired) electrons. The minimum Gasteiger partial charge on any atom is -0.367 e. The van der Waals surface area contributed by atoms with Gasteiger partial charge in [-0.15, -0.1) is 0 Å². The number of primary amides is 2. The van der Waals surface area contributed by atoms with Gasteiger partial charge in [0.15, 0.2) is 0 Å². The zero-order valence-electron chi connectivity index (χ0n) is 10.0. The molecule has 5 nitrogen and oxygen atoms in total. The van der Waals surface area contributed by atoms with Gasteiger partial charge in [0, 0.05) is 16.6 Å². The van der Waals surface area contributed by atoms with E-state index in [0.29, 0.717) is 35.0 Å². The molecule has 102 valence electrons. The molecule has 0 spiro atoms. The number of carbonyl (C=O) groups excluding carboxylic acids is 2. The van der Waals surface area contributed by atoms with E-state index in [9.17, 15) is 9.59 Å². The number of carbonyl (C=O) groups is 2. The van der Waals surface area contributed by atoms with Gasteiger partial charge in [0.2, 0.25) is 5.91 Å². The number of rotatable bonds is 2. The third-order valence-corrected chi connectivity index (χ3v) is 3.83. The van der Waals surface area contributed by atoms with E-state index in [0.717, 1.165) is 0 Å². The van der Waals surface area contributed by atoms with E-state index < -0.39 is 17.5 Å². The molecule has 1 heterocycles. The number of halogens is 2. The first kappa shape index (κ1) is 14.0. The van der Waals surface area contributed by atoms with Crippen LogP contribution in [0.3, 0.4) is 0 Å². The third-order valence-electron chi connectivity index (χ3n) is 3.39. The summed E-state index contributed by atoms with van der Waals surface area (Å²) >= 11 is 11.9. The van der Waals surface area contributed by atoms with Crippen LogP contribution in [0, 0.1) is 0 Å². The van der Waals surface area contributed by atoms with E-state index >= 15 is 0 Å². The molecule has 19 heavy (non-hydrogen) atoms. The molecule has 1 fully saturated rings. The van der Waals surface area contributed by atoms with Gasteiger partial charge in [0.25, 0.3) is 0 Å². The number of amides is 3. The minimum absolute atomic E-state index is 0.374. The van der Waals surface area contributed by atoms with Crippen molar-refractivity contribution in [1.29, 1.82) is 0 Å². The van der Waals surface area contributed by atoms with Crippen LogP contribution in [0.25, 0.3) is 0 Å². The van der Waals surface area contributed by atoms with Crippen LogP contribution in [0.1, 0.15) is 18.4 Å². The zero-order chi connectivity index (χ0) is 14.2. The molecule has 7 heteroatoms. The van der Waals surface area contributed by atoms with E-state index in [4.69, 9.17) is 34.7 Å². The number of hydrogen-bond acceptors (Lipinski definition) is 2. The summed E-state index contributed by atoms with van der Waals surface area (Å²) in [5.41, 5.74) is 10.1. The molecule has 0 bridgehead atoms. The Morgan fingerprint density at radius 3 is 2.21 bits per heavy atom. The number of urea groups is 1. The average molecular weight is 302 g/mol. The Morgan fingerprint density at radius 1 is 1.16 bits per heavy atom. The summed E-state index contributed by atoms with van der Waals surface area (Å²) in [7, 11) is 0. The van der Waals surface area contributed by atoms with Crippen LogP contribution in [0.2, 0.25) is 10.0 Å². The Morgan fingerprint density at radius 2 is 1.74 bits per heavy atom. The highest BCUT2D eigenvalue weighted by Gasteiger charge is 2.49. The van der Waals surface area contributed by atoms with Crippen LogP contribution < -0.4 is 11.5 Å². The SMILES string of the molecule is NC(=O)N1CCCC1(C(N)=O)c1cc(Cl)cc(Cl)c1. The summed E-state index contributed by atoms with van der Waals surface area (Å²) < 4.78 is 0. The van der Waals surface area contributed by atoms with Crippen molar-refractivity contribution in [3.63, 3.8) is 0 Å². The second-order valence-electron chi connectivity index (χ2n) is 4.48. The molecule has 0 aromatic heterocycles. The van der Waals surface area contributed by atoms with E-state index in [-0.39, 0.29) is 0 Å². The molecule has 1 saturated heterocycles. The Hall–Kier alpha value is -1.46. The van der Waals surface area contributed by atoms with Crippen molar-refractivity contribution in [2.45, 2.75) is 18.4 Å². The quantitative estimate of drug-likeness (QED) is 0.873. The predicted octanol–water partition coefficient (Wildman–Crippen LogP) is 1.85. The highest BCUT2D eigenvalue weighted by Crippen LogP contribution is 2.40. The second-order valence-corrected chi connectivity index (χ2v) is 5.35. The van der Waals surface area contributed by atoms with Crippen LogP contribution in [0.15, 0.2) is 18.2 Å². The van der Waals surface area contributed by atoms with Crippen molar-refractivity contribution in [3.8, 4) is 0 Å². The van der Waals surface area contributed by atoms with E-state index in [1.54, 1.807) is 18.2 Å². The normalized spacial score (nSPS) is 22.5. The largest absolute Gasteiger partial charge is 0.367 e. The molecule has 0 saturated carbocycles. The van der Waals surface area contributed by atoms with Gasteiger partial charge in [-0.05, 0) is 36.6 Å². The predicted molar refractivity (Wildman–Crippen MR) is 72.9 cm³/mol. The number of benzene rings is 1. The van der Waals surface area contributed by atoms with E-state index in [1.807, 2.05) is 0 Å². The van der Waals surface area contributed by atoms with Gasteiger partial charge in [-0.1, -0.05) is 23.2 Å². The summed E-state index contributed by atoms with van der Waals surface area (Å²) in [6.45, 7) is 0.377. The summed E-state index contributed by atoms with van der Waals surface area (Å²) in [6, 6.07) is 4.02. The molecule has 2 rings (SSSR count). The number of nitrogens with two attached hydrogens (primary N) is 2. The van der Waals surface area contributed by atoms with Crippen LogP contribution in [0.4, 0.5) is 4.79 Å². The van der Waals surface area contributed by atoms with Gasteiger partial charge >= 0.3 is 6.03 Å².